The Morgan fingerprint density at radius 3 is 2.53 bits per heavy atom. The number of fused-ring (bicyclic) bond motifs is 1. The molecule has 0 aliphatic heterocycles. The Hall–Kier alpha value is -3.56. The largest absolute Gasteiger partial charge is 0.481 e. The monoisotopic (exact) mass is 466 g/mol. The highest BCUT2D eigenvalue weighted by molar-refractivity contribution is 7.90. The van der Waals surface area contributed by atoms with Crippen LogP contribution in [0.25, 0.3) is 0 Å². The van der Waals surface area contributed by atoms with Gasteiger partial charge in [0.05, 0.1) is 22.9 Å². The highest BCUT2D eigenvalue weighted by Gasteiger charge is 2.46. The van der Waals surface area contributed by atoms with Crippen molar-refractivity contribution in [2.24, 2.45) is 0 Å². The molecule has 168 valence electrons. The number of halogens is 2. The van der Waals surface area contributed by atoms with Gasteiger partial charge in [-0.15, -0.1) is 0 Å². The summed E-state index contributed by atoms with van der Waals surface area (Å²) < 4.78 is 61.2. The summed E-state index contributed by atoms with van der Waals surface area (Å²) in [6.07, 6.45) is -5.00. The van der Waals surface area contributed by atoms with Crippen LogP contribution in [-0.2, 0) is 19.6 Å². The van der Waals surface area contributed by atoms with Gasteiger partial charge in [-0.3, -0.25) is 9.59 Å². The molecular formula is C20H16F2N2O7S. The number of carbonyl (C=O) groups is 2. The molecule has 0 unspecified atom stereocenters. The first-order valence-corrected chi connectivity index (χ1v) is 10.6. The predicted molar refractivity (Wildman–Crippen MR) is 103 cm³/mol. The average Bonchev–Trinajstić information content (AvgIpc) is 2.92. The van der Waals surface area contributed by atoms with Crippen molar-refractivity contribution >= 4 is 21.9 Å². The van der Waals surface area contributed by atoms with Gasteiger partial charge in [0.25, 0.3) is 10.0 Å². The number of amides is 1. The summed E-state index contributed by atoms with van der Waals surface area (Å²) in [4.78, 5) is 22.0. The van der Waals surface area contributed by atoms with Gasteiger partial charge in [-0.05, 0) is 29.8 Å². The van der Waals surface area contributed by atoms with Crippen LogP contribution in [0.5, 0.6) is 11.5 Å². The van der Waals surface area contributed by atoms with Gasteiger partial charge in [0, 0.05) is 24.5 Å². The van der Waals surface area contributed by atoms with Crippen LogP contribution >= 0.6 is 0 Å². The van der Waals surface area contributed by atoms with Gasteiger partial charge in [0.2, 0.25) is 5.91 Å². The number of hydrogen-bond acceptors (Lipinski definition) is 7. The van der Waals surface area contributed by atoms with Gasteiger partial charge in [-0.2, -0.15) is 5.26 Å². The number of nitrogens with zero attached hydrogens (tertiary/aromatic N) is 1. The van der Waals surface area contributed by atoms with Crippen LogP contribution in [0.4, 0.5) is 8.78 Å². The zero-order chi connectivity index (χ0) is 23.8. The highest BCUT2D eigenvalue weighted by Crippen LogP contribution is 2.51. The summed E-state index contributed by atoms with van der Waals surface area (Å²) in [6, 6.07) is 6.77. The quantitative estimate of drug-likeness (QED) is 0.586. The van der Waals surface area contributed by atoms with E-state index in [-0.39, 0.29) is 28.2 Å². The van der Waals surface area contributed by atoms with E-state index >= 15 is 0 Å². The van der Waals surface area contributed by atoms with Crippen molar-refractivity contribution in [3.63, 3.8) is 0 Å². The summed E-state index contributed by atoms with van der Waals surface area (Å²) in [5, 5.41) is 28.6. The minimum Gasteiger partial charge on any atom is -0.481 e. The number of nitrogens with one attached hydrogen (secondary N) is 1. The van der Waals surface area contributed by atoms with E-state index < -0.39 is 57.2 Å². The number of nitriles is 1. The molecule has 2 aromatic carbocycles. The van der Waals surface area contributed by atoms with Gasteiger partial charge in [0.15, 0.2) is 0 Å². The smallest absolute Gasteiger partial charge is 0.304 e. The number of aliphatic carboxylic acids is 1. The van der Waals surface area contributed by atoms with Crippen molar-refractivity contribution in [2.45, 2.75) is 36.4 Å². The first-order valence-electron chi connectivity index (χ1n) is 9.07. The third-order valence-corrected chi connectivity index (χ3v) is 6.24. The van der Waals surface area contributed by atoms with Crippen molar-refractivity contribution < 1.29 is 41.7 Å². The normalized spacial score (nSPS) is 19.7. The van der Waals surface area contributed by atoms with Crippen molar-refractivity contribution in [2.75, 3.05) is 0 Å². The number of benzene rings is 2. The third kappa shape index (κ3) is 4.39. The first kappa shape index (κ1) is 23.1. The van der Waals surface area contributed by atoms with Gasteiger partial charge < -0.3 is 14.9 Å². The lowest BCUT2D eigenvalue weighted by molar-refractivity contribution is -0.138. The van der Waals surface area contributed by atoms with Crippen molar-refractivity contribution in [1.82, 2.24) is 4.72 Å². The van der Waals surface area contributed by atoms with E-state index in [1.165, 1.54) is 6.07 Å². The molecule has 0 spiro atoms. The van der Waals surface area contributed by atoms with Crippen LogP contribution in [0.3, 0.4) is 0 Å². The highest BCUT2D eigenvalue weighted by atomic mass is 32.2. The van der Waals surface area contributed by atoms with Gasteiger partial charge in [-0.1, -0.05) is 0 Å². The molecule has 1 amide bonds. The fourth-order valence-corrected chi connectivity index (χ4v) is 4.89. The molecule has 0 heterocycles. The van der Waals surface area contributed by atoms with E-state index in [0.29, 0.717) is 0 Å². The summed E-state index contributed by atoms with van der Waals surface area (Å²) >= 11 is 0. The molecule has 0 bridgehead atoms. The van der Waals surface area contributed by atoms with Crippen LogP contribution in [0.2, 0.25) is 0 Å². The SMILES string of the molecule is CC(=O)NS(=O)(=O)c1ccc(Oc2cc(F)cc(C#N)c2)c2c1[C@H](CC(=O)O)[C@@H](F)[C@H]2O. The maximum absolute atomic E-state index is 14.9. The molecule has 3 atom stereocenters. The molecule has 0 aromatic heterocycles. The maximum atomic E-state index is 14.9. The Kier molecular flexibility index (Phi) is 6.16. The minimum atomic E-state index is -4.54. The molecule has 3 N–H and O–H groups in total. The van der Waals surface area contributed by atoms with Crippen LogP contribution in [-0.4, -0.2) is 36.7 Å². The third-order valence-electron chi connectivity index (χ3n) is 4.75. The Bertz CT molecular complexity index is 1260. The number of carboxylic acids is 1. The number of aliphatic hydroxyl groups is 1. The molecule has 0 saturated carbocycles. The van der Waals surface area contributed by atoms with E-state index in [0.717, 1.165) is 31.2 Å². The standard InChI is InChI=1S/C20H16F2N2O7S/c1-9(25)24-32(29,30)15-3-2-14(31-12-5-10(8-23)4-11(21)6-12)18-17(15)13(7-16(26)27)19(22)20(18)28/h2-6,13,19-20,28H,7H2,1H3,(H,24,25)(H,26,27)/t13-,19+,20-/m0/s1. The number of alkyl halides is 1. The number of carboxylic acid groups (broad SMARTS) is 1. The van der Waals surface area contributed by atoms with Crippen molar-refractivity contribution in [3.05, 3.63) is 52.8 Å². The second-order valence-corrected chi connectivity index (χ2v) is 8.68. The number of hydrogen-bond donors (Lipinski definition) is 3. The van der Waals surface area contributed by atoms with Gasteiger partial charge in [0.1, 0.15) is 29.6 Å². The fourth-order valence-electron chi connectivity index (χ4n) is 3.61. The average molecular weight is 466 g/mol. The fraction of sp³-hybridized carbons (Fsp3) is 0.250. The predicted octanol–water partition coefficient (Wildman–Crippen LogP) is 2.26. The van der Waals surface area contributed by atoms with E-state index in [4.69, 9.17) is 15.1 Å². The Labute approximate surface area is 180 Å². The number of carbonyl (C=O) groups excluding carboxylic acids is 1. The lowest BCUT2D eigenvalue weighted by Crippen LogP contribution is -2.29. The van der Waals surface area contributed by atoms with E-state index in [9.17, 15) is 31.9 Å². The van der Waals surface area contributed by atoms with Crippen LogP contribution in [0.1, 0.15) is 42.1 Å². The number of aliphatic hydroxyl groups excluding tert-OH is 1. The molecular weight excluding hydrogens is 450 g/mol. The van der Waals surface area contributed by atoms with E-state index in [1.54, 1.807) is 10.8 Å². The topological polar surface area (TPSA) is 154 Å². The second kappa shape index (κ2) is 8.52. The van der Waals surface area contributed by atoms with Gasteiger partial charge >= 0.3 is 5.97 Å². The van der Waals surface area contributed by atoms with E-state index in [1.807, 2.05) is 0 Å². The number of rotatable bonds is 6. The van der Waals surface area contributed by atoms with Crippen molar-refractivity contribution in [3.8, 4) is 17.6 Å². The van der Waals surface area contributed by atoms with Crippen LogP contribution < -0.4 is 9.46 Å². The van der Waals surface area contributed by atoms with Crippen LogP contribution in [0.15, 0.2) is 35.2 Å². The summed E-state index contributed by atoms with van der Waals surface area (Å²) in [5.74, 6) is -5.22. The summed E-state index contributed by atoms with van der Waals surface area (Å²) in [6.45, 7) is 0.938. The van der Waals surface area contributed by atoms with Crippen LogP contribution in [0, 0.1) is 17.1 Å². The molecule has 3 rings (SSSR count). The first-order chi connectivity index (χ1) is 14.9. The molecule has 2 aromatic rings. The number of sulfonamides is 1. The molecule has 1 aliphatic carbocycles. The minimum absolute atomic E-state index is 0.0887. The molecule has 0 fully saturated rings. The second-order valence-electron chi connectivity index (χ2n) is 7.03. The van der Waals surface area contributed by atoms with E-state index in [2.05, 4.69) is 0 Å². The zero-order valence-corrected chi connectivity index (χ0v) is 17.2. The lowest BCUT2D eigenvalue weighted by atomic mass is 9.96. The Morgan fingerprint density at radius 1 is 1.25 bits per heavy atom. The lowest BCUT2D eigenvalue weighted by Gasteiger charge is -2.17. The summed E-state index contributed by atoms with van der Waals surface area (Å²) in [5.41, 5.74) is -0.803. The Morgan fingerprint density at radius 2 is 1.94 bits per heavy atom. The van der Waals surface area contributed by atoms with Gasteiger partial charge in [-0.25, -0.2) is 21.9 Å². The molecule has 0 saturated heterocycles. The molecule has 0 radical (unpaired) electrons. The molecule has 12 heteroatoms. The molecule has 32 heavy (non-hydrogen) atoms. The number of ether oxygens (including phenoxy) is 1. The Balaban J connectivity index is 2.22. The summed E-state index contributed by atoms with van der Waals surface area (Å²) in [7, 11) is -4.54. The molecule has 9 nitrogen and oxygen atoms in total. The maximum Gasteiger partial charge on any atom is 0.304 e. The zero-order valence-electron chi connectivity index (χ0n) is 16.4. The molecule has 1 aliphatic rings. The van der Waals surface area contributed by atoms with Crippen molar-refractivity contribution in [1.29, 1.82) is 5.26 Å².